The van der Waals surface area contributed by atoms with Gasteiger partial charge in [-0.25, -0.2) is 4.98 Å². The summed E-state index contributed by atoms with van der Waals surface area (Å²) < 4.78 is 12.1. The number of thiazole rings is 1. The number of hydrogen-bond donors (Lipinski definition) is 1. The van der Waals surface area contributed by atoms with Crippen LogP contribution in [0, 0.1) is 5.92 Å². The van der Waals surface area contributed by atoms with E-state index >= 15 is 0 Å². The van der Waals surface area contributed by atoms with Crippen LogP contribution in [0.5, 0.6) is 5.75 Å². The fourth-order valence-electron chi connectivity index (χ4n) is 2.43. The average molecular weight is 292 g/mol. The lowest BCUT2D eigenvalue weighted by Gasteiger charge is -2.06. The lowest BCUT2D eigenvalue weighted by atomic mass is 10.1. The molecule has 0 bridgehead atoms. The van der Waals surface area contributed by atoms with Gasteiger partial charge in [0.25, 0.3) is 0 Å². The van der Waals surface area contributed by atoms with E-state index in [1.165, 1.54) is 11.1 Å². The van der Waals surface area contributed by atoms with Crippen LogP contribution in [0.1, 0.15) is 19.8 Å². The number of anilines is 1. The van der Waals surface area contributed by atoms with E-state index in [2.05, 4.69) is 16.4 Å². The van der Waals surface area contributed by atoms with Crippen LogP contribution in [-0.4, -0.2) is 31.3 Å². The van der Waals surface area contributed by atoms with Crippen molar-refractivity contribution in [2.45, 2.75) is 19.8 Å². The molecule has 2 aromatic rings. The Kier molecular flexibility index (Phi) is 4.38. The van der Waals surface area contributed by atoms with Crippen molar-refractivity contribution < 1.29 is 9.47 Å². The number of benzene rings is 1. The van der Waals surface area contributed by atoms with Gasteiger partial charge in [-0.05, 0) is 43.9 Å². The summed E-state index contributed by atoms with van der Waals surface area (Å²) in [7, 11) is 0. The number of nitrogens with one attached hydrogen (secondary N) is 1. The highest BCUT2D eigenvalue weighted by Crippen LogP contribution is 2.29. The molecule has 1 aromatic heterocycles. The van der Waals surface area contributed by atoms with Gasteiger partial charge < -0.3 is 14.8 Å². The first-order chi connectivity index (χ1) is 9.85. The molecule has 1 atom stereocenters. The number of aromatic nitrogens is 1. The highest BCUT2D eigenvalue weighted by atomic mass is 32.1. The van der Waals surface area contributed by atoms with Crippen molar-refractivity contribution in [1.82, 2.24) is 4.98 Å². The van der Waals surface area contributed by atoms with E-state index in [0.717, 1.165) is 42.6 Å². The molecule has 1 N–H and O–H groups in total. The largest absolute Gasteiger partial charge is 0.494 e. The maximum atomic E-state index is 5.52. The molecule has 1 aliphatic heterocycles. The molecule has 4 nitrogen and oxygen atoms in total. The van der Waals surface area contributed by atoms with Gasteiger partial charge >= 0.3 is 0 Å². The normalized spacial score (nSPS) is 18.6. The van der Waals surface area contributed by atoms with Crippen molar-refractivity contribution in [3.63, 3.8) is 0 Å². The van der Waals surface area contributed by atoms with E-state index in [0.29, 0.717) is 12.5 Å². The fourth-order valence-corrected chi connectivity index (χ4v) is 3.35. The zero-order valence-corrected chi connectivity index (χ0v) is 12.5. The Hall–Kier alpha value is -1.33. The summed E-state index contributed by atoms with van der Waals surface area (Å²) in [6.07, 6.45) is 2.35. The van der Waals surface area contributed by atoms with Crippen molar-refractivity contribution in [1.29, 1.82) is 0 Å². The average Bonchev–Trinajstić information content (AvgIpc) is 3.07. The Morgan fingerprint density at radius 3 is 3.25 bits per heavy atom. The molecule has 1 saturated heterocycles. The van der Waals surface area contributed by atoms with Crippen molar-refractivity contribution in [3.05, 3.63) is 18.2 Å². The van der Waals surface area contributed by atoms with E-state index in [1.807, 2.05) is 19.1 Å². The van der Waals surface area contributed by atoms with Crippen molar-refractivity contribution in [2.75, 3.05) is 31.7 Å². The Balaban J connectivity index is 1.60. The highest BCUT2D eigenvalue weighted by Gasteiger charge is 2.15. The quantitative estimate of drug-likeness (QED) is 0.884. The summed E-state index contributed by atoms with van der Waals surface area (Å²) in [5.41, 5.74) is 1.03. The number of rotatable bonds is 6. The molecule has 1 fully saturated rings. The molecule has 0 spiro atoms. The summed E-state index contributed by atoms with van der Waals surface area (Å²) >= 11 is 1.69. The predicted octanol–water partition coefficient (Wildman–Crippen LogP) is 3.53. The third-order valence-corrected chi connectivity index (χ3v) is 4.50. The maximum Gasteiger partial charge on any atom is 0.183 e. The van der Waals surface area contributed by atoms with Crippen LogP contribution in [-0.2, 0) is 4.74 Å². The number of fused-ring (bicyclic) bond motifs is 1. The molecule has 3 rings (SSSR count). The second-order valence-electron chi connectivity index (χ2n) is 5.03. The highest BCUT2D eigenvalue weighted by molar-refractivity contribution is 7.22. The summed E-state index contributed by atoms with van der Waals surface area (Å²) in [6, 6.07) is 6.06. The summed E-state index contributed by atoms with van der Waals surface area (Å²) in [5.74, 6) is 1.62. The lowest BCUT2D eigenvalue weighted by Crippen LogP contribution is -2.08. The number of ether oxygens (including phenoxy) is 2. The van der Waals surface area contributed by atoms with Gasteiger partial charge in [0.2, 0.25) is 0 Å². The smallest absolute Gasteiger partial charge is 0.183 e. The van der Waals surface area contributed by atoms with Gasteiger partial charge in [-0.15, -0.1) is 0 Å². The third kappa shape index (κ3) is 3.22. The second kappa shape index (κ2) is 6.41. The molecule has 1 unspecified atom stereocenters. The minimum atomic E-state index is 0.693. The molecular formula is C15H20N2O2S. The first kappa shape index (κ1) is 13.6. The van der Waals surface area contributed by atoms with Crippen LogP contribution < -0.4 is 10.1 Å². The molecule has 1 aromatic carbocycles. The first-order valence-corrected chi connectivity index (χ1v) is 8.02. The van der Waals surface area contributed by atoms with E-state index < -0.39 is 0 Å². The summed E-state index contributed by atoms with van der Waals surface area (Å²) in [6.45, 7) is 5.49. The lowest BCUT2D eigenvalue weighted by molar-refractivity contribution is 0.185. The van der Waals surface area contributed by atoms with Gasteiger partial charge in [0.1, 0.15) is 5.75 Å². The topological polar surface area (TPSA) is 43.4 Å². The molecule has 108 valence electrons. The van der Waals surface area contributed by atoms with Crippen LogP contribution in [0.15, 0.2) is 18.2 Å². The van der Waals surface area contributed by atoms with Crippen molar-refractivity contribution >= 4 is 26.7 Å². The van der Waals surface area contributed by atoms with E-state index in [9.17, 15) is 0 Å². The summed E-state index contributed by atoms with van der Waals surface area (Å²) in [5, 5.41) is 4.42. The van der Waals surface area contributed by atoms with Crippen molar-refractivity contribution in [2.24, 2.45) is 5.92 Å². The SMILES string of the molecule is CCOc1ccc2nc(NCCC3CCOC3)sc2c1. The molecule has 2 heterocycles. The molecular weight excluding hydrogens is 272 g/mol. The van der Waals surface area contributed by atoms with Crippen LogP contribution in [0.3, 0.4) is 0 Å². The molecule has 0 amide bonds. The van der Waals surface area contributed by atoms with Gasteiger partial charge in [0.05, 0.1) is 16.8 Å². The zero-order chi connectivity index (χ0) is 13.8. The van der Waals surface area contributed by atoms with Gasteiger partial charge in [-0.1, -0.05) is 11.3 Å². The molecule has 0 saturated carbocycles. The monoisotopic (exact) mass is 292 g/mol. The van der Waals surface area contributed by atoms with E-state index in [4.69, 9.17) is 9.47 Å². The predicted molar refractivity (Wildman–Crippen MR) is 82.8 cm³/mol. The van der Waals surface area contributed by atoms with Crippen LogP contribution in [0.2, 0.25) is 0 Å². The van der Waals surface area contributed by atoms with Gasteiger partial charge in [0.15, 0.2) is 5.13 Å². The zero-order valence-electron chi connectivity index (χ0n) is 11.7. The van der Waals surface area contributed by atoms with Crippen LogP contribution >= 0.6 is 11.3 Å². The van der Waals surface area contributed by atoms with Crippen molar-refractivity contribution in [3.8, 4) is 5.75 Å². The summed E-state index contributed by atoms with van der Waals surface area (Å²) in [4.78, 5) is 4.60. The molecule has 1 aliphatic rings. The third-order valence-electron chi connectivity index (χ3n) is 3.52. The molecule has 5 heteroatoms. The Morgan fingerprint density at radius 2 is 2.45 bits per heavy atom. The minimum absolute atomic E-state index is 0.693. The van der Waals surface area contributed by atoms with E-state index in [1.54, 1.807) is 11.3 Å². The van der Waals surface area contributed by atoms with Crippen LogP contribution in [0.4, 0.5) is 5.13 Å². The number of nitrogens with zero attached hydrogens (tertiary/aromatic N) is 1. The minimum Gasteiger partial charge on any atom is -0.494 e. The van der Waals surface area contributed by atoms with Crippen LogP contribution in [0.25, 0.3) is 10.2 Å². The van der Waals surface area contributed by atoms with Gasteiger partial charge in [-0.3, -0.25) is 0 Å². The van der Waals surface area contributed by atoms with Gasteiger partial charge in [0, 0.05) is 19.8 Å². The fraction of sp³-hybridized carbons (Fsp3) is 0.533. The maximum absolute atomic E-state index is 5.52. The molecule has 0 aliphatic carbocycles. The van der Waals surface area contributed by atoms with Gasteiger partial charge in [-0.2, -0.15) is 0 Å². The Labute approximate surface area is 123 Å². The van der Waals surface area contributed by atoms with E-state index in [-0.39, 0.29) is 0 Å². The second-order valence-corrected chi connectivity index (χ2v) is 6.06. The molecule has 20 heavy (non-hydrogen) atoms. The Morgan fingerprint density at radius 1 is 1.50 bits per heavy atom. The number of hydrogen-bond acceptors (Lipinski definition) is 5. The standard InChI is InChI=1S/C15H20N2O2S/c1-2-19-12-3-4-13-14(9-12)20-15(17-13)16-7-5-11-6-8-18-10-11/h3-4,9,11H,2,5-8,10H2,1H3,(H,16,17). The first-order valence-electron chi connectivity index (χ1n) is 7.20. The Bertz CT molecular complexity index is 564. The molecule has 0 radical (unpaired) electrons.